The summed E-state index contributed by atoms with van der Waals surface area (Å²) in [6, 6.07) is 17.3. The van der Waals surface area contributed by atoms with E-state index in [9.17, 15) is 18.7 Å². The Hall–Kier alpha value is -2.57. The molecule has 1 aliphatic carbocycles. The molecule has 1 aliphatic rings. The fourth-order valence-corrected chi connectivity index (χ4v) is 4.85. The van der Waals surface area contributed by atoms with Gasteiger partial charge in [-0.15, -0.1) is 0 Å². The highest BCUT2D eigenvalue weighted by Crippen LogP contribution is 2.50. The van der Waals surface area contributed by atoms with E-state index in [1.54, 1.807) is 68.4 Å². The predicted molar refractivity (Wildman–Crippen MR) is 121 cm³/mol. The number of rotatable bonds is 9. The zero-order chi connectivity index (χ0) is 24.2. The van der Waals surface area contributed by atoms with Crippen LogP contribution >= 0.6 is 23.2 Å². The van der Waals surface area contributed by atoms with Gasteiger partial charge in [-0.2, -0.15) is 8.78 Å². The molecule has 0 amide bonds. The first-order valence-corrected chi connectivity index (χ1v) is 11.1. The minimum atomic E-state index is -3.21. The highest BCUT2D eigenvalue weighted by atomic mass is 35.5. The Kier molecular flexibility index (Phi) is 7.70. The highest BCUT2D eigenvalue weighted by Gasteiger charge is 2.49. The number of carbonyl (C=O) groups is 1. The van der Waals surface area contributed by atoms with Crippen molar-refractivity contribution in [3.05, 3.63) is 88.7 Å². The smallest absolute Gasteiger partial charge is 0.387 e. The zero-order valence-electron chi connectivity index (χ0n) is 18.1. The summed E-state index contributed by atoms with van der Waals surface area (Å²) < 4.78 is 36.9. The third-order valence-corrected chi connectivity index (χ3v) is 6.42. The van der Waals surface area contributed by atoms with Crippen molar-refractivity contribution in [3.8, 4) is 5.75 Å². The molecule has 0 saturated carbocycles. The van der Waals surface area contributed by atoms with Crippen LogP contribution in [0.4, 0.5) is 8.78 Å². The molecule has 2 aromatic rings. The van der Waals surface area contributed by atoms with Crippen LogP contribution in [0.2, 0.25) is 0 Å². The van der Waals surface area contributed by atoms with Crippen LogP contribution in [0.1, 0.15) is 25.8 Å². The van der Waals surface area contributed by atoms with Gasteiger partial charge in [0.25, 0.3) is 0 Å². The molecule has 0 aliphatic heterocycles. The van der Waals surface area contributed by atoms with Crippen LogP contribution in [0.3, 0.4) is 0 Å². The SMILES string of the molecule is CC(C)C(Cc1ccccc1)(C(=O)[O-])C1=CC(Cl)=C(OC(F)F)C(Cl)(Oc2ccccc2)C1. The van der Waals surface area contributed by atoms with Crippen LogP contribution < -0.4 is 9.84 Å². The molecule has 4 nitrogen and oxygen atoms in total. The van der Waals surface area contributed by atoms with E-state index in [-0.39, 0.29) is 23.6 Å². The number of para-hydroxylation sites is 1. The minimum Gasteiger partial charge on any atom is -0.549 e. The van der Waals surface area contributed by atoms with Crippen molar-refractivity contribution in [3.63, 3.8) is 0 Å². The van der Waals surface area contributed by atoms with E-state index >= 15 is 0 Å². The summed E-state index contributed by atoms with van der Waals surface area (Å²) in [5, 5.41) is 10.4. The number of allylic oxidation sites excluding steroid dienone is 2. The largest absolute Gasteiger partial charge is 0.549 e. The van der Waals surface area contributed by atoms with Gasteiger partial charge in [0, 0.05) is 11.8 Å². The third-order valence-electron chi connectivity index (χ3n) is 5.75. The molecule has 0 N–H and O–H groups in total. The van der Waals surface area contributed by atoms with Gasteiger partial charge in [0.15, 0.2) is 5.76 Å². The lowest BCUT2D eigenvalue weighted by Crippen LogP contribution is -2.51. The summed E-state index contributed by atoms with van der Waals surface area (Å²) >= 11 is 13.1. The molecule has 33 heavy (non-hydrogen) atoms. The van der Waals surface area contributed by atoms with Crippen LogP contribution in [0.25, 0.3) is 0 Å². The van der Waals surface area contributed by atoms with E-state index < -0.39 is 34.7 Å². The van der Waals surface area contributed by atoms with Gasteiger partial charge in [-0.3, -0.25) is 0 Å². The molecule has 2 aromatic carbocycles. The number of carboxylic acid groups (broad SMARTS) is 1. The van der Waals surface area contributed by atoms with Gasteiger partial charge in [-0.05, 0) is 36.1 Å². The molecule has 8 heteroatoms. The van der Waals surface area contributed by atoms with Crippen LogP contribution in [0, 0.1) is 11.3 Å². The molecule has 0 bridgehead atoms. The second-order valence-corrected chi connectivity index (χ2v) is 9.14. The summed E-state index contributed by atoms with van der Waals surface area (Å²) in [4.78, 5) is 12.7. The van der Waals surface area contributed by atoms with Gasteiger partial charge < -0.3 is 19.4 Å². The van der Waals surface area contributed by atoms with E-state index in [0.29, 0.717) is 5.57 Å². The lowest BCUT2D eigenvalue weighted by atomic mass is 9.65. The topological polar surface area (TPSA) is 58.6 Å². The van der Waals surface area contributed by atoms with E-state index in [1.807, 2.05) is 6.07 Å². The first-order valence-electron chi connectivity index (χ1n) is 10.3. The van der Waals surface area contributed by atoms with Crippen molar-refractivity contribution < 1.29 is 28.2 Å². The number of carboxylic acids is 1. The fourth-order valence-electron chi connectivity index (χ4n) is 4.10. The van der Waals surface area contributed by atoms with Crippen molar-refractivity contribution in [2.45, 2.75) is 38.4 Å². The Labute approximate surface area is 201 Å². The molecule has 2 atom stereocenters. The predicted octanol–water partition coefficient (Wildman–Crippen LogP) is 5.66. The van der Waals surface area contributed by atoms with Gasteiger partial charge in [0.05, 0.1) is 11.0 Å². The average Bonchev–Trinajstić information content (AvgIpc) is 2.75. The maximum atomic E-state index is 13.2. The first kappa shape index (κ1) is 25.1. The Bertz CT molecular complexity index is 1040. The van der Waals surface area contributed by atoms with Crippen molar-refractivity contribution in [1.29, 1.82) is 0 Å². The lowest BCUT2D eigenvalue weighted by molar-refractivity contribution is -0.319. The zero-order valence-corrected chi connectivity index (χ0v) is 19.6. The second kappa shape index (κ2) is 10.1. The average molecular weight is 496 g/mol. The van der Waals surface area contributed by atoms with E-state index in [2.05, 4.69) is 4.74 Å². The van der Waals surface area contributed by atoms with Crippen LogP contribution in [-0.4, -0.2) is 17.6 Å². The quantitative estimate of drug-likeness (QED) is 0.421. The summed E-state index contributed by atoms with van der Waals surface area (Å²) in [6.45, 7) is 0.286. The third kappa shape index (κ3) is 5.33. The van der Waals surface area contributed by atoms with Crippen molar-refractivity contribution >= 4 is 29.2 Å². The molecule has 0 radical (unpaired) electrons. The van der Waals surface area contributed by atoms with Crippen molar-refractivity contribution in [1.82, 2.24) is 0 Å². The standard InChI is InChI=1S/C25H24Cl2F2O4/c1-16(2)24(22(30)31,14-17-9-5-3-6-10-17)18-13-20(26)21(32-23(28)29)25(27,15-18)33-19-11-7-4-8-12-19/h3-13,16,23H,14-15H2,1-2H3,(H,30,31)/p-1. The van der Waals surface area contributed by atoms with E-state index in [4.69, 9.17) is 27.9 Å². The number of aliphatic carboxylic acids is 1. The summed E-state index contributed by atoms with van der Waals surface area (Å²) in [5.41, 5.74) is -0.480. The highest BCUT2D eigenvalue weighted by molar-refractivity contribution is 6.34. The normalized spacial score (nSPS) is 20.4. The van der Waals surface area contributed by atoms with Gasteiger partial charge in [-0.1, -0.05) is 91.2 Å². The van der Waals surface area contributed by atoms with Gasteiger partial charge in [-0.25, -0.2) is 0 Å². The van der Waals surface area contributed by atoms with Crippen molar-refractivity contribution in [2.24, 2.45) is 11.3 Å². The summed E-state index contributed by atoms with van der Waals surface area (Å²) in [7, 11) is 0. The molecule has 176 valence electrons. The first-order chi connectivity index (χ1) is 15.6. The molecule has 0 aromatic heterocycles. The maximum absolute atomic E-state index is 13.2. The van der Waals surface area contributed by atoms with Crippen LogP contribution in [0.5, 0.6) is 5.75 Å². The van der Waals surface area contributed by atoms with Gasteiger partial charge >= 0.3 is 6.61 Å². The summed E-state index contributed by atoms with van der Waals surface area (Å²) in [6.07, 6.45) is 1.15. The Morgan fingerprint density at radius 2 is 1.70 bits per heavy atom. The van der Waals surface area contributed by atoms with E-state index in [1.165, 1.54) is 6.08 Å². The number of carbonyl (C=O) groups excluding carboxylic acids is 1. The Balaban J connectivity index is 2.14. The number of benzene rings is 2. The maximum Gasteiger partial charge on any atom is 0.387 e. The molecular formula is C25H23Cl2F2O4-. The molecule has 2 unspecified atom stereocenters. The van der Waals surface area contributed by atoms with Crippen LogP contribution in [-0.2, 0) is 16.0 Å². The number of alkyl halides is 3. The van der Waals surface area contributed by atoms with Gasteiger partial charge in [0.2, 0.25) is 5.06 Å². The lowest BCUT2D eigenvalue weighted by Gasteiger charge is -2.45. The molecular weight excluding hydrogens is 473 g/mol. The van der Waals surface area contributed by atoms with Crippen LogP contribution in [0.15, 0.2) is 83.1 Å². The molecule has 0 saturated heterocycles. The van der Waals surface area contributed by atoms with Gasteiger partial charge in [0.1, 0.15) is 5.75 Å². The summed E-state index contributed by atoms with van der Waals surface area (Å²) in [5.74, 6) is -1.98. The fraction of sp³-hybridized carbons (Fsp3) is 0.320. The van der Waals surface area contributed by atoms with E-state index in [0.717, 1.165) is 5.56 Å². The Morgan fingerprint density at radius 3 is 2.21 bits per heavy atom. The molecule has 0 fully saturated rings. The number of hydrogen-bond acceptors (Lipinski definition) is 4. The number of ether oxygens (including phenoxy) is 2. The minimum absolute atomic E-state index is 0.0905. The molecule has 0 heterocycles. The number of hydrogen-bond donors (Lipinski definition) is 0. The monoisotopic (exact) mass is 495 g/mol. The molecule has 0 spiro atoms. The van der Waals surface area contributed by atoms with Crippen molar-refractivity contribution in [2.75, 3.05) is 0 Å². The number of halogens is 4. The second-order valence-electron chi connectivity index (χ2n) is 8.12. The Morgan fingerprint density at radius 1 is 1.12 bits per heavy atom. The molecule has 3 rings (SSSR count).